The van der Waals surface area contributed by atoms with Gasteiger partial charge in [-0.2, -0.15) is 0 Å². The maximum Gasteiger partial charge on any atom is 0.146 e. The lowest BCUT2D eigenvalue weighted by Gasteiger charge is -2.17. The van der Waals surface area contributed by atoms with Crippen LogP contribution in [0.2, 0.25) is 0 Å². The van der Waals surface area contributed by atoms with Gasteiger partial charge in [-0.15, -0.1) is 0 Å². The summed E-state index contributed by atoms with van der Waals surface area (Å²) < 4.78 is 0. The van der Waals surface area contributed by atoms with E-state index >= 15 is 0 Å². The zero-order valence-corrected chi connectivity index (χ0v) is 7.71. The Bertz CT molecular complexity index is 272. The van der Waals surface area contributed by atoms with Crippen LogP contribution in [-0.4, -0.2) is 12.1 Å². The number of hydrogen-bond donors (Lipinski definition) is 0. The van der Waals surface area contributed by atoms with Crippen molar-refractivity contribution in [2.24, 2.45) is 5.41 Å². The summed E-state index contributed by atoms with van der Waals surface area (Å²) >= 11 is 0. The number of carbonyl (C=O) groups is 2. The van der Waals surface area contributed by atoms with Crippen LogP contribution in [0.25, 0.3) is 0 Å². The first-order valence-electron chi connectivity index (χ1n) is 4.94. The van der Waals surface area contributed by atoms with E-state index in [9.17, 15) is 9.59 Å². The molecule has 0 aromatic heterocycles. The number of rotatable bonds is 3. The van der Waals surface area contributed by atoms with Crippen molar-refractivity contribution in [1.29, 1.82) is 0 Å². The Kier molecular flexibility index (Phi) is 2.06. The van der Waals surface area contributed by atoms with Gasteiger partial charge in [-0.05, 0) is 32.1 Å². The molecule has 2 aliphatic rings. The average Bonchev–Trinajstić information content (AvgIpc) is 2.89. The maximum absolute atomic E-state index is 11.5. The molecule has 0 heterocycles. The molecule has 0 radical (unpaired) electrons. The summed E-state index contributed by atoms with van der Waals surface area (Å²) in [6, 6.07) is 0. The second-order valence-electron chi connectivity index (χ2n) is 4.12. The number of hydrogen-bond acceptors (Lipinski definition) is 2. The van der Waals surface area contributed by atoms with E-state index in [0.29, 0.717) is 12.8 Å². The van der Waals surface area contributed by atoms with Crippen LogP contribution in [-0.2, 0) is 9.59 Å². The summed E-state index contributed by atoms with van der Waals surface area (Å²) in [5.74, 6) is 0.153. The fourth-order valence-electron chi connectivity index (χ4n) is 1.94. The molecular formula is C11H14O2. The standard InChI is InChI=1S/C11H14O2/c12-8-11(6-1-2-10(11)13)7-5-9-3-4-9/h5,8H,1-4,6-7H2. The zero-order valence-electron chi connectivity index (χ0n) is 7.71. The SMILES string of the molecule is O=CC1(CC=C2CC2)CCCC1=O. The molecule has 1 unspecified atom stereocenters. The van der Waals surface area contributed by atoms with Crippen molar-refractivity contribution in [2.75, 3.05) is 0 Å². The molecule has 0 N–H and O–H groups in total. The summed E-state index contributed by atoms with van der Waals surface area (Å²) in [6.07, 6.45) is 8.22. The lowest BCUT2D eigenvalue weighted by atomic mass is 9.83. The van der Waals surface area contributed by atoms with Gasteiger partial charge in [-0.25, -0.2) is 0 Å². The van der Waals surface area contributed by atoms with Gasteiger partial charge in [0.05, 0.1) is 5.41 Å². The van der Waals surface area contributed by atoms with Crippen molar-refractivity contribution in [3.63, 3.8) is 0 Å². The molecule has 13 heavy (non-hydrogen) atoms. The van der Waals surface area contributed by atoms with Gasteiger partial charge in [-0.3, -0.25) is 4.79 Å². The molecule has 0 aromatic carbocycles. The van der Waals surface area contributed by atoms with Gasteiger partial charge in [0, 0.05) is 6.42 Å². The highest BCUT2D eigenvalue weighted by molar-refractivity contribution is 5.99. The van der Waals surface area contributed by atoms with E-state index in [-0.39, 0.29) is 5.78 Å². The molecular weight excluding hydrogens is 164 g/mol. The second-order valence-corrected chi connectivity index (χ2v) is 4.12. The Morgan fingerprint density at radius 1 is 1.31 bits per heavy atom. The highest BCUT2D eigenvalue weighted by Crippen LogP contribution is 2.38. The molecule has 0 spiro atoms. The second kappa shape index (κ2) is 3.09. The Hall–Kier alpha value is -0.920. The third-order valence-electron chi connectivity index (χ3n) is 3.10. The first-order valence-corrected chi connectivity index (χ1v) is 4.94. The van der Waals surface area contributed by atoms with Crippen LogP contribution in [0.15, 0.2) is 11.6 Å². The summed E-state index contributed by atoms with van der Waals surface area (Å²) in [6.45, 7) is 0. The first-order chi connectivity index (χ1) is 6.27. The molecule has 2 saturated carbocycles. The molecule has 2 fully saturated rings. The van der Waals surface area contributed by atoms with Gasteiger partial charge in [0.15, 0.2) is 0 Å². The largest absolute Gasteiger partial charge is 0.302 e. The summed E-state index contributed by atoms with van der Waals surface area (Å²) in [5.41, 5.74) is 0.788. The zero-order chi connectivity index (χ0) is 9.31. The molecule has 0 aromatic rings. The van der Waals surface area contributed by atoms with Crippen LogP contribution in [0.4, 0.5) is 0 Å². The van der Waals surface area contributed by atoms with Gasteiger partial charge in [0.25, 0.3) is 0 Å². The van der Waals surface area contributed by atoms with E-state index in [1.165, 1.54) is 18.4 Å². The van der Waals surface area contributed by atoms with Crippen LogP contribution in [0.5, 0.6) is 0 Å². The van der Waals surface area contributed by atoms with E-state index in [0.717, 1.165) is 19.1 Å². The first kappa shape index (κ1) is 8.67. The Balaban J connectivity index is 2.09. The predicted molar refractivity (Wildman–Crippen MR) is 49.3 cm³/mol. The molecule has 2 heteroatoms. The number of carbonyl (C=O) groups excluding carboxylic acids is 2. The quantitative estimate of drug-likeness (QED) is 0.376. The number of ketones is 1. The normalized spacial score (nSPS) is 32.0. The monoisotopic (exact) mass is 178 g/mol. The van der Waals surface area contributed by atoms with Crippen LogP contribution >= 0.6 is 0 Å². The van der Waals surface area contributed by atoms with Gasteiger partial charge < -0.3 is 4.79 Å². The molecule has 2 rings (SSSR count). The average molecular weight is 178 g/mol. The van der Waals surface area contributed by atoms with Gasteiger partial charge in [0.2, 0.25) is 0 Å². The lowest BCUT2D eigenvalue weighted by molar-refractivity contribution is -0.131. The molecule has 1 atom stereocenters. The minimum atomic E-state index is -0.629. The Morgan fingerprint density at radius 3 is 2.54 bits per heavy atom. The van der Waals surface area contributed by atoms with Crippen LogP contribution in [0.1, 0.15) is 38.5 Å². The van der Waals surface area contributed by atoms with Crippen molar-refractivity contribution in [2.45, 2.75) is 38.5 Å². The predicted octanol–water partition coefficient (Wildman–Crippen LogP) is 2.04. The highest BCUT2D eigenvalue weighted by atomic mass is 16.1. The molecule has 2 nitrogen and oxygen atoms in total. The van der Waals surface area contributed by atoms with Crippen molar-refractivity contribution in [3.05, 3.63) is 11.6 Å². The smallest absolute Gasteiger partial charge is 0.146 e. The maximum atomic E-state index is 11.5. The third-order valence-corrected chi connectivity index (χ3v) is 3.10. The minimum Gasteiger partial charge on any atom is -0.302 e. The Morgan fingerprint density at radius 2 is 2.08 bits per heavy atom. The fraction of sp³-hybridized carbons (Fsp3) is 0.636. The number of aldehydes is 1. The van der Waals surface area contributed by atoms with Crippen LogP contribution in [0.3, 0.4) is 0 Å². The van der Waals surface area contributed by atoms with Crippen molar-refractivity contribution in [3.8, 4) is 0 Å². The van der Waals surface area contributed by atoms with Crippen LogP contribution < -0.4 is 0 Å². The summed E-state index contributed by atoms with van der Waals surface area (Å²) in [7, 11) is 0. The van der Waals surface area contributed by atoms with E-state index in [1.54, 1.807) is 0 Å². The molecule has 0 saturated heterocycles. The lowest BCUT2D eigenvalue weighted by Crippen LogP contribution is -2.26. The summed E-state index contributed by atoms with van der Waals surface area (Å²) in [5, 5.41) is 0. The Labute approximate surface area is 78.0 Å². The summed E-state index contributed by atoms with van der Waals surface area (Å²) in [4.78, 5) is 22.4. The van der Waals surface area contributed by atoms with E-state index in [2.05, 4.69) is 6.08 Å². The van der Waals surface area contributed by atoms with Gasteiger partial charge in [-0.1, -0.05) is 11.6 Å². The van der Waals surface area contributed by atoms with E-state index in [1.807, 2.05) is 0 Å². The fourth-order valence-corrected chi connectivity index (χ4v) is 1.94. The third kappa shape index (κ3) is 1.58. The van der Waals surface area contributed by atoms with Crippen molar-refractivity contribution in [1.82, 2.24) is 0 Å². The molecule has 0 amide bonds. The molecule has 70 valence electrons. The molecule has 0 aliphatic heterocycles. The van der Waals surface area contributed by atoms with E-state index < -0.39 is 5.41 Å². The van der Waals surface area contributed by atoms with Crippen LogP contribution in [0, 0.1) is 5.41 Å². The van der Waals surface area contributed by atoms with Crippen molar-refractivity contribution < 1.29 is 9.59 Å². The minimum absolute atomic E-state index is 0.153. The van der Waals surface area contributed by atoms with Gasteiger partial charge >= 0.3 is 0 Å². The number of Topliss-reactive ketones (excluding diaryl/α,β-unsaturated/α-hetero) is 1. The van der Waals surface area contributed by atoms with Gasteiger partial charge in [0.1, 0.15) is 12.1 Å². The van der Waals surface area contributed by atoms with E-state index in [4.69, 9.17) is 0 Å². The topological polar surface area (TPSA) is 34.1 Å². The molecule has 2 aliphatic carbocycles. The molecule has 0 bridgehead atoms. The van der Waals surface area contributed by atoms with Crippen molar-refractivity contribution >= 4 is 12.1 Å². The number of allylic oxidation sites excluding steroid dienone is 2. The highest BCUT2D eigenvalue weighted by Gasteiger charge is 2.41.